The normalized spacial score (nSPS) is 19.9. The van der Waals surface area contributed by atoms with E-state index in [1.165, 1.54) is 23.4 Å². The molecule has 2 heteroatoms. The molecule has 0 radical (unpaired) electrons. The van der Waals surface area contributed by atoms with E-state index < -0.39 is 0 Å². The number of rotatable bonds is 2. The van der Waals surface area contributed by atoms with Crippen LogP contribution in [0.3, 0.4) is 0 Å². The molecule has 1 aliphatic heterocycles. The summed E-state index contributed by atoms with van der Waals surface area (Å²) in [6.45, 7) is 5.66. The van der Waals surface area contributed by atoms with Gasteiger partial charge in [-0.1, -0.05) is 37.3 Å². The maximum Gasteiger partial charge on any atom is 0.0665 e. The monoisotopic (exact) mass is 252 g/mol. The van der Waals surface area contributed by atoms with Crippen LogP contribution in [0.5, 0.6) is 0 Å². The van der Waals surface area contributed by atoms with Crippen molar-refractivity contribution in [1.82, 2.24) is 4.98 Å². The summed E-state index contributed by atoms with van der Waals surface area (Å²) < 4.78 is 0. The summed E-state index contributed by atoms with van der Waals surface area (Å²) in [7, 11) is 0. The van der Waals surface area contributed by atoms with Crippen molar-refractivity contribution in [2.75, 3.05) is 11.4 Å². The molecule has 0 bridgehead atoms. The highest BCUT2D eigenvalue weighted by Crippen LogP contribution is 2.37. The molecule has 3 rings (SSSR count). The zero-order valence-electron chi connectivity index (χ0n) is 11.6. The molecule has 2 aromatic rings. The van der Waals surface area contributed by atoms with Crippen LogP contribution < -0.4 is 4.90 Å². The summed E-state index contributed by atoms with van der Waals surface area (Å²) in [4.78, 5) is 7.07. The number of pyridine rings is 1. The lowest BCUT2D eigenvalue weighted by atomic mass is 9.94. The Labute approximate surface area is 115 Å². The van der Waals surface area contributed by atoms with Gasteiger partial charge in [-0.05, 0) is 31.0 Å². The second-order valence-electron chi connectivity index (χ2n) is 5.38. The Morgan fingerprint density at radius 3 is 2.74 bits per heavy atom. The molecule has 2 heterocycles. The molecule has 2 unspecified atom stereocenters. The zero-order valence-corrected chi connectivity index (χ0v) is 11.6. The Bertz CT molecular complexity index is 550. The molecule has 19 heavy (non-hydrogen) atoms. The third kappa shape index (κ3) is 2.23. The molecule has 2 atom stereocenters. The van der Waals surface area contributed by atoms with E-state index in [2.05, 4.69) is 60.1 Å². The fourth-order valence-corrected chi connectivity index (χ4v) is 2.94. The van der Waals surface area contributed by atoms with E-state index in [0.29, 0.717) is 12.0 Å². The molecule has 0 fully saturated rings. The van der Waals surface area contributed by atoms with Gasteiger partial charge in [-0.15, -0.1) is 0 Å². The molecular formula is C17H20N2. The topological polar surface area (TPSA) is 16.1 Å². The van der Waals surface area contributed by atoms with Crippen LogP contribution in [-0.2, 0) is 0 Å². The summed E-state index contributed by atoms with van der Waals surface area (Å²) in [5, 5.41) is 0. The van der Waals surface area contributed by atoms with Crippen molar-refractivity contribution < 1.29 is 0 Å². The molecule has 1 aliphatic rings. The van der Waals surface area contributed by atoms with E-state index in [1.807, 2.05) is 12.3 Å². The second-order valence-corrected chi connectivity index (χ2v) is 5.38. The van der Waals surface area contributed by atoms with Crippen LogP contribution in [0.1, 0.15) is 43.5 Å². The van der Waals surface area contributed by atoms with Gasteiger partial charge in [-0.3, -0.25) is 4.98 Å². The van der Waals surface area contributed by atoms with Crippen LogP contribution >= 0.6 is 0 Å². The molecule has 1 aromatic carbocycles. The van der Waals surface area contributed by atoms with Gasteiger partial charge in [0.05, 0.1) is 17.4 Å². The molecule has 0 N–H and O–H groups in total. The van der Waals surface area contributed by atoms with Crippen molar-refractivity contribution >= 4 is 5.69 Å². The Kier molecular flexibility index (Phi) is 3.24. The number of benzene rings is 1. The van der Waals surface area contributed by atoms with Gasteiger partial charge in [0.1, 0.15) is 0 Å². The van der Waals surface area contributed by atoms with E-state index in [-0.39, 0.29) is 0 Å². The SMILES string of the molecule is CC1CCN(C(C)c2ccccc2)c2cccnc21. The quantitative estimate of drug-likeness (QED) is 0.798. The van der Waals surface area contributed by atoms with Gasteiger partial charge in [-0.2, -0.15) is 0 Å². The number of nitrogens with zero attached hydrogens (tertiary/aromatic N) is 2. The van der Waals surface area contributed by atoms with Crippen molar-refractivity contribution in [3.05, 3.63) is 59.9 Å². The van der Waals surface area contributed by atoms with Crippen molar-refractivity contribution in [2.45, 2.75) is 32.2 Å². The summed E-state index contributed by atoms with van der Waals surface area (Å²) in [6.07, 6.45) is 3.09. The van der Waals surface area contributed by atoms with E-state index in [4.69, 9.17) is 0 Å². The lowest BCUT2D eigenvalue weighted by Gasteiger charge is -2.38. The summed E-state index contributed by atoms with van der Waals surface area (Å²) in [5.74, 6) is 0.565. The number of fused-ring (bicyclic) bond motifs is 1. The van der Waals surface area contributed by atoms with Gasteiger partial charge >= 0.3 is 0 Å². The molecule has 0 amide bonds. The van der Waals surface area contributed by atoms with E-state index in [9.17, 15) is 0 Å². The first-order chi connectivity index (χ1) is 9.27. The minimum absolute atomic E-state index is 0.400. The van der Waals surface area contributed by atoms with Crippen molar-refractivity contribution in [3.63, 3.8) is 0 Å². The Balaban J connectivity index is 1.97. The Hall–Kier alpha value is -1.83. The van der Waals surface area contributed by atoms with Crippen LogP contribution in [0.4, 0.5) is 5.69 Å². The largest absolute Gasteiger partial charge is 0.363 e. The minimum Gasteiger partial charge on any atom is -0.363 e. The fraction of sp³-hybridized carbons (Fsp3) is 0.353. The Morgan fingerprint density at radius 2 is 1.95 bits per heavy atom. The molecule has 1 aromatic heterocycles. The van der Waals surface area contributed by atoms with E-state index in [1.54, 1.807) is 0 Å². The third-order valence-electron chi connectivity index (χ3n) is 4.14. The van der Waals surface area contributed by atoms with Gasteiger partial charge < -0.3 is 4.90 Å². The van der Waals surface area contributed by atoms with Gasteiger partial charge in [-0.25, -0.2) is 0 Å². The average molecular weight is 252 g/mol. The number of hydrogen-bond donors (Lipinski definition) is 0. The number of anilines is 1. The standard InChI is InChI=1S/C17H20N2/c1-13-10-12-19(16-9-6-11-18-17(13)16)14(2)15-7-4-3-5-8-15/h3-9,11,13-14H,10,12H2,1-2H3. The first kappa shape index (κ1) is 12.2. The van der Waals surface area contributed by atoms with E-state index >= 15 is 0 Å². The summed E-state index contributed by atoms with van der Waals surface area (Å²) in [6, 6.07) is 15.4. The van der Waals surface area contributed by atoms with E-state index in [0.717, 1.165) is 6.54 Å². The van der Waals surface area contributed by atoms with Gasteiger partial charge in [0, 0.05) is 18.7 Å². The average Bonchev–Trinajstić information content (AvgIpc) is 2.48. The smallest absolute Gasteiger partial charge is 0.0665 e. The summed E-state index contributed by atoms with van der Waals surface area (Å²) in [5.41, 5.74) is 3.92. The highest BCUT2D eigenvalue weighted by atomic mass is 15.2. The van der Waals surface area contributed by atoms with Gasteiger partial charge in [0.15, 0.2) is 0 Å². The third-order valence-corrected chi connectivity index (χ3v) is 4.14. The molecule has 98 valence electrons. The molecule has 2 nitrogen and oxygen atoms in total. The summed E-state index contributed by atoms with van der Waals surface area (Å²) >= 11 is 0. The number of hydrogen-bond acceptors (Lipinski definition) is 2. The van der Waals surface area contributed by atoms with Gasteiger partial charge in [0.25, 0.3) is 0 Å². The van der Waals surface area contributed by atoms with Crippen molar-refractivity contribution in [1.29, 1.82) is 0 Å². The first-order valence-corrected chi connectivity index (χ1v) is 7.04. The predicted molar refractivity (Wildman–Crippen MR) is 79.5 cm³/mol. The van der Waals surface area contributed by atoms with Crippen LogP contribution in [0.25, 0.3) is 0 Å². The molecule has 0 spiro atoms. The maximum absolute atomic E-state index is 4.58. The molecule has 0 saturated carbocycles. The molecule has 0 aliphatic carbocycles. The highest BCUT2D eigenvalue weighted by molar-refractivity contribution is 5.55. The van der Waals surface area contributed by atoms with Crippen LogP contribution in [0.2, 0.25) is 0 Å². The maximum atomic E-state index is 4.58. The van der Waals surface area contributed by atoms with Crippen LogP contribution in [0, 0.1) is 0 Å². The lowest BCUT2D eigenvalue weighted by Crippen LogP contribution is -2.33. The van der Waals surface area contributed by atoms with Crippen LogP contribution in [0.15, 0.2) is 48.7 Å². The molecular weight excluding hydrogens is 232 g/mol. The van der Waals surface area contributed by atoms with Crippen molar-refractivity contribution in [2.24, 2.45) is 0 Å². The highest BCUT2D eigenvalue weighted by Gasteiger charge is 2.26. The number of aromatic nitrogens is 1. The van der Waals surface area contributed by atoms with Crippen LogP contribution in [-0.4, -0.2) is 11.5 Å². The van der Waals surface area contributed by atoms with Gasteiger partial charge in [0.2, 0.25) is 0 Å². The zero-order chi connectivity index (χ0) is 13.2. The minimum atomic E-state index is 0.400. The Morgan fingerprint density at radius 1 is 1.16 bits per heavy atom. The fourth-order valence-electron chi connectivity index (χ4n) is 2.94. The lowest BCUT2D eigenvalue weighted by molar-refractivity contribution is 0.555. The van der Waals surface area contributed by atoms with Crippen molar-refractivity contribution in [3.8, 4) is 0 Å². The second kappa shape index (κ2) is 5.04. The first-order valence-electron chi connectivity index (χ1n) is 7.04. The molecule has 0 saturated heterocycles. The predicted octanol–water partition coefficient (Wildman–Crippen LogP) is 4.16.